The van der Waals surface area contributed by atoms with Crippen LogP contribution in [0.3, 0.4) is 0 Å². The molecule has 2 atom stereocenters. The van der Waals surface area contributed by atoms with E-state index in [1.807, 2.05) is 0 Å². The molecule has 7 heteroatoms. The maximum Gasteiger partial charge on any atom is 0.297 e. The summed E-state index contributed by atoms with van der Waals surface area (Å²) in [5.74, 6) is -0.794. The lowest BCUT2D eigenvalue weighted by Gasteiger charge is -2.23. The number of carbonyl (C=O) groups is 1. The Kier molecular flexibility index (Phi) is 5.69. The molecule has 1 saturated heterocycles. The Bertz CT molecular complexity index is 650. The summed E-state index contributed by atoms with van der Waals surface area (Å²) in [5, 5.41) is 0. The first-order valence-electron chi connectivity index (χ1n) is 7.24. The summed E-state index contributed by atoms with van der Waals surface area (Å²) in [7, 11) is -3.93. The molecule has 6 nitrogen and oxygen atoms in total. The second-order valence-electron chi connectivity index (χ2n) is 5.57. The molecule has 0 aromatic heterocycles. The van der Waals surface area contributed by atoms with Crippen molar-refractivity contribution < 1.29 is 26.9 Å². The SMILES string of the molecule is CC1(C)OC[C@@H]([C@H](C/C=C\C=O)OS(=O)(=O)c2ccccc2)O1. The van der Waals surface area contributed by atoms with Crippen molar-refractivity contribution in [2.45, 2.75) is 43.2 Å². The molecule has 0 spiro atoms. The van der Waals surface area contributed by atoms with E-state index >= 15 is 0 Å². The van der Waals surface area contributed by atoms with Crippen LogP contribution in [-0.2, 0) is 28.6 Å². The summed E-state index contributed by atoms with van der Waals surface area (Å²) in [6.45, 7) is 3.71. The van der Waals surface area contributed by atoms with Crippen LogP contribution in [0, 0.1) is 0 Å². The number of hydrogen-bond acceptors (Lipinski definition) is 6. The highest BCUT2D eigenvalue weighted by Crippen LogP contribution is 2.28. The Hall–Kier alpha value is -1.54. The molecule has 2 rings (SSSR count). The molecular weight excluding hydrogens is 320 g/mol. The van der Waals surface area contributed by atoms with Crippen molar-refractivity contribution in [3.8, 4) is 0 Å². The van der Waals surface area contributed by atoms with Crippen molar-refractivity contribution in [1.29, 1.82) is 0 Å². The van der Waals surface area contributed by atoms with Crippen molar-refractivity contribution >= 4 is 16.4 Å². The van der Waals surface area contributed by atoms with Gasteiger partial charge in [0, 0.05) is 0 Å². The van der Waals surface area contributed by atoms with E-state index in [2.05, 4.69) is 0 Å². The normalized spacial score (nSPS) is 22.3. The number of ether oxygens (including phenoxy) is 2. The minimum Gasteiger partial charge on any atom is -0.348 e. The van der Waals surface area contributed by atoms with Gasteiger partial charge < -0.3 is 9.47 Å². The van der Waals surface area contributed by atoms with E-state index in [0.717, 1.165) is 0 Å². The number of rotatable bonds is 7. The van der Waals surface area contributed by atoms with Gasteiger partial charge in [0.05, 0.1) is 11.5 Å². The maximum absolute atomic E-state index is 12.4. The van der Waals surface area contributed by atoms with E-state index in [0.29, 0.717) is 6.29 Å². The zero-order valence-electron chi connectivity index (χ0n) is 13.0. The fraction of sp³-hybridized carbons (Fsp3) is 0.438. The van der Waals surface area contributed by atoms with Gasteiger partial charge in [0.2, 0.25) is 0 Å². The molecule has 23 heavy (non-hydrogen) atoms. The van der Waals surface area contributed by atoms with Gasteiger partial charge in [-0.15, -0.1) is 0 Å². The van der Waals surface area contributed by atoms with Crippen LogP contribution < -0.4 is 0 Å². The molecule has 1 aromatic carbocycles. The van der Waals surface area contributed by atoms with Gasteiger partial charge in [-0.1, -0.05) is 24.3 Å². The van der Waals surface area contributed by atoms with Crippen LogP contribution >= 0.6 is 0 Å². The summed E-state index contributed by atoms with van der Waals surface area (Å²) in [5.41, 5.74) is 0. The van der Waals surface area contributed by atoms with Gasteiger partial charge in [-0.2, -0.15) is 8.42 Å². The predicted octanol–water partition coefficient (Wildman–Crippen LogP) is 2.06. The molecule has 0 saturated carbocycles. The van der Waals surface area contributed by atoms with Crippen molar-refractivity contribution in [2.75, 3.05) is 6.61 Å². The average Bonchev–Trinajstić information content (AvgIpc) is 2.87. The Labute approximate surface area is 136 Å². The van der Waals surface area contributed by atoms with Gasteiger partial charge in [0.25, 0.3) is 10.1 Å². The van der Waals surface area contributed by atoms with Crippen LogP contribution in [0.5, 0.6) is 0 Å². The lowest BCUT2D eigenvalue weighted by Crippen LogP contribution is -2.34. The minimum atomic E-state index is -3.93. The number of benzene rings is 1. The van der Waals surface area contributed by atoms with E-state index in [4.69, 9.17) is 13.7 Å². The average molecular weight is 340 g/mol. The fourth-order valence-electron chi connectivity index (χ4n) is 2.23. The number of allylic oxidation sites excluding steroid dienone is 1. The van der Waals surface area contributed by atoms with E-state index < -0.39 is 28.1 Å². The Morgan fingerprint density at radius 1 is 1.35 bits per heavy atom. The van der Waals surface area contributed by atoms with Crippen LogP contribution in [0.4, 0.5) is 0 Å². The van der Waals surface area contributed by atoms with Gasteiger partial charge in [-0.3, -0.25) is 8.98 Å². The summed E-state index contributed by atoms with van der Waals surface area (Å²) < 4.78 is 41.3. The lowest BCUT2D eigenvalue weighted by molar-refractivity contribution is -0.148. The van der Waals surface area contributed by atoms with Crippen LogP contribution in [0.15, 0.2) is 47.4 Å². The molecule has 1 aliphatic heterocycles. The number of hydrogen-bond donors (Lipinski definition) is 0. The van der Waals surface area contributed by atoms with E-state index in [1.165, 1.54) is 18.2 Å². The molecule has 0 N–H and O–H groups in total. The molecule has 1 fully saturated rings. The lowest BCUT2D eigenvalue weighted by atomic mass is 10.1. The maximum atomic E-state index is 12.4. The van der Waals surface area contributed by atoms with Crippen LogP contribution in [0.25, 0.3) is 0 Å². The molecular formula is C16H20O6S. The molecule has 0 amide bonds. The van der Waals surface area contributed by atoms with Gasteiger partial charge in [-0.05, 0) is 38.5 Å². The zero-order chi connectivity index (χ0) is 16.9. The summed E-state index contributed by atoms with van der Waals surface area (Å²) in [4.78, 5) is 10.5. The Balaban J connectivity index is 2.17. The monoisotopic (exact) mass is 340 g/mol. The highest BCUT2D eigenvalue weighted by Gasteiger charge is 2.39. The summed E-state index contributed by atoms with van der Waals surface area (Å²) in [6.07, 6.45) is 2.37. The molecule has 1 heterocycles. The molecule has 126 valence electrons. The molecule has 1 aliphatic rings. The van der Waals surface area contributed by atoms with Gasteiger partial charge >= 0.3 is 0 Å². The minimum absolute atomic E-state index is 0.0718. The third-order valence-corrected chi connectivity index (χ3v) is 4.66. The topological polar surface area (TPSA) is 78.9 Å². The van der Waals surface area contributed by atoms with Crippen molar-refractivity contribution in [3.63, 3.8) is 0 Å². The van der Waals surface area contributed by atoms with Crippen molar-refractivity contribution in [1.82, 2.24) is 0 Å². The van der Waals surface area contributed by atoms with Gasteiger partial charge in [0.1, 0.15) is 18.5 Å². The fourth-order valence-corrected chi connectivity index (χ4v) is 3.35. The molecule has 0 aliphatic carbocycles. The Morgan fingerprint density at radius 2 is 2.04 bits per heavy atom. The molecule has 0 unspecified atom stereocenters. The smallest absolute Gasteiger partial charge is 0.297 e. The van der Waals surface area contributed by atoms with E-state index in [1.54, 1.807) is 38.1 Å². The Morgan fingerprint density at radius 3 is 2.61 bits per heavy atom. The highest BCUT2D eigenvalue weighted by atomic mass is 32.2. The molecule has 0 bridgehead atoms. The number of carbonyl (C=O) groups excluding carboxylic acids is 1. The molecule has 1 aromatic rings. The second kappa shape index (κ2) is 7.35. The highest BCUT2D eigenvalue weighted by molar-refractivity contribution is 7.86. The first-order chi connectivity index (χ1) is 10.8. The van der Waals surface area contributed by atoms with Crippen molar-refractivity contribution in [3.05, 3.63) is 42.5 Å². The van der Waals surface area contributed by atoms with Gasteiger partial charge in [0.15, 0.2) is 5.79 Å². The largest absolute Gasteiger partial charge is 0.348 e. The van der Waals surface area contributed by atoms with Crippen molar-refractivity contribution in [2.24, 2.45) is 0 Å². The van der Waals surface area contributed by atoms with Crippen LogP contribution in [0.1, 0.15) is 20.3 Å². The molecule has 0 radical (unpaired) electrons. The van der Waals surface area contributed by atoms with E-state index in [9.17, 15) is 13.2 Å². The third-order valence-electron chi connectivity index (χ3n) is 3.31. The summed E-state index contributed by atoms with van der Waals surface area (Å²) >= 11 is 0. The summed E-state index contributed by atoms with van der Waals surface area (Å²) in [6, 6.07) is 7.89. The number of aldehydes is 1. The quantitative estimate of drug-likeness (QED) is 0.429. The first-order valence-corrected chi connectivity index (χ1v) is 8.65. The predicted molar refractivity (Wildman–Crippen MR) is 83.2 cm³/mol. The third kappa shape index (κ3) is 4.97. The van der Waals surface area contributed by atoms with E-state index in [-0.39, 0.29) is 17.9 Å². The van der Waals surface area contributed by atoms with Crippen LogP contribution in [0.2, 0.25) is 0 Å². The second-order valence-corrected chi connectivity index (χ2v) is 7.14. The zero-order valence-corrected chi connectivity index (χ0v) is 13.9. The first kappa shape index (κ1) is 17.8. The van der Waals surface area contributed by atoms with Crippen LogP contribution in [-0.4, -0.2) is 39.3 Å². The van der Waals surface area contributed by atoms with Gasteiger partial charge in [-0.25, -0.2) is 0 Å². The standard InChI is InChI=1S/C16H20O6S/c1-16(2)20-12-15(21-16)14(10-6-7-11-17)22-23(18,19)13-8-4-3-5-9-13/h3-9,11,14-15H,10,12H2,1-2H3/b7-6-/t14-,15-/m0/s1.